The summed E-state index contributed by atoms with van der Waals surface area (Å²) in [5, 5.41) is 14.6. The van der Waals surface area contributed by atoms with E-state index in [4.69, 9.17) is 0 Å². The van der Waals surface area contributed by atoms with Crippen molar-refractivity contribution in [1.29, 1.82) is 0 Å². The molecule has 0 spiro atoms. The number of hydrogen-bond acceptors (Lipinski definition) is 5. The van der Waals surface area contributed by atoms with Crippen molar-refractivity contribution in [3.63, 3.8) is 0 Å². The predicted molar refractivity (Wildman–Crippen MR) is 141 cm³/mol. The van der Waals surface area contributed by atoms with Gasteiger partial charge >= 0.3 is 5.97 Å². The van der Waals surface area contributed by atoms with Gasteiger partial charge in [-0.2, -0.15) is 16.9 Å². The first-order valence-corrected chi connectivity index (χ1v) is 13.5. The summed E-state index contributed by atoms with van der Waals surface area (Å²) in [6.45, 7) is 0.0521. The Hall–Kier alpha value is -3.34. The smallest absolute Gasteiger partial charge is 0.326 e. The molecule has 3 aromatic carbocycles. The van der Waals surface area contributed by atoms with Gasteiger partial charge < -0.3 is 15.4 Å². The van der Waals surface area contributed by atoms with Crippen molar-refractivity contribution >= 4 is 56.2 Å². The minimum atomic E-state index is -4.02. The zero-order valence-corrected chi connectivity index (χ0v) is 20.9. The number of thiol groups is 1. The molecule has 2 heterocycles. The number of carbonyl (C=O) groups excluding carboxylic acids is 1. The fraction of sp³-hybridized carbons (Fsp3) is 0.231. The molecule has 186 valence electrons. The fourth-order valence-electron chi connectivity index (χ4n) is 4.74. The Balaban J connectivity index is 1.39. The van der Waals surface area contributed by atoms with Crippen LogP contribution < -0.4 is 5.32 Å². The molecule has 4 aromatic rings. The Morgan fingerprint density at radius 3 is 2.58 bits per heavy atom. The molecule has 0 saturated carbocycles. The maximum Gasteiger partial charge on any atom is 0.326 e. The highest BCUT2D eigenvalue weighted by molar-refractivity contribution is 7.89. The summed E-state index contributed by atoms with van der Waals surface area (Å²) >= 11 is 4.45. The van der Waals surface area contributed by atoms with Crippen molar-refractivity contribution < 1.29 is 23.1 Å². The van der Waals surface area contributed by atoms with E-state index in [-0.39, 0.29) is 29.5 Å². The van der Waals surface area contributed by atoms with Crippen LogP contribution in [0.25, 0.3) is 21.7 Å². The third-order valence-electron chi connectivity index (χ3n) is 6.58. The number of para-hydroxylation sites is 1. The number of amides is 1. The van der Waals surface area contributed by atoms with Crippen LogP contribution in [0.15, 0.2) is 77.8 Å². The van der Waals surface area contributed by atoms with Crippen LogP contribution >= 0.6 is 12.6 Å². The number of sulfonamides is 1. The van der Waals surface area contributed by atoms with Crippen LogP contribution in [-0.4, -0.2) is 58.6 Å². The lowest BCUT2D eigenvalue weighted by Crippen LogP contribution is -2.51. The Morgan fingerprint density at radius 1 is 1.08 bits per heavy atom. The number of hydrogen-bond donors (Lipinski definition) is 4. The normalized spacial score (nSPS) is 19.5. The van der Waals surface area contributed by atoms with E-state index in [1.165, 1.54) is 6.07 Å². The topological polar surface area (TPSA) is 120 Å². The third-order valence-corrected chi connectivity index (χ3v) is 8.82. The van der Waals surface area contributed by atoms with Gasteiger partial charge in [0.25, 0.3) is 0 Å². The van der Waals surface area contributed by atoms with Crippen LogP contribution in [0.2, 0.25) is 0 Å². The first kappa shape index (κ1) is 24.4. The molecule has 8 nitrogen and oxygen atoms in total. The van der Waals surface area contributed by atoms with E-state index < -0.39 is 34.0 Å². The Bertz CT molecular complexity index is 1570. The molecule has 1 amide bonds. The molecule has 10 heteroatoms. The number of H-pyrrole nitrogens is 1. The van der Waals surface area contributed by atoms with Gasteiger partial charge in [0.15, 0.2) is 0 Å². The molecule has 0 unspecified atom stereocenters. The summed E-state index contributed by atoms with van der Waals surface area (Å²) in [5.41, 5.74) is 1.61. The standard InChI is InChI=1S/C26H25N3O5S2/c30-25(28-23(26(31)32)12-18-14-27-22-8-4-3-7-21(18)22)24-13-19(35)15-29(24)36(33,34)20-10-9-16-5-1-2-6-17(16)11-20/h1-11,14,19,23-24,27,35H,12-13,15H2,(H,28,30)(H,31,32)/t19-,23+,24+/m1/s1. The summed E-state index contributed by atoms with van der Waals surface area (Å²) < 4.78 is 28.2. The predicted octanol–water partition coefficient (Wildman–Crippen LogP) is 3.19. The maximum atomic E-state index is 13.6. The number of aromatic amines is 1. The number of fused-ring (bicyclic) bond motifs is 2. The average molecular weight is 524 g/mol. The van der Waals surface area contributed by atoms with Crippen LogP contribution in [0.4, 0.5) is 0 Å². The van der Waals surface area contributed by atoms with Crippen molar-refractivity contribution in [2.45, 2.75) is 35.1 Å². The highest BCUT2D eigenvalue weighted by Gasteiger charge is 2.43. The molecule has 3 atom stereocenters. The number of aromatic nitrogens is 1. The second-order valence-electron chi connectivity index (χ2n) is 8.95. The number of nitrogens with one attached hydrogen (secondary N) is 2. The van der Waals surface area contributed by atoms with Gasteiger partial charge in [-0.1, -0.05) is 48.5 Å². The van der Waals surface area contributed by atoms with Gasteiger partial charge in [0.05, 0.1) is 4.90 Å². The van der Waals surface area contributed by atoms with E-state index >= 15 is 0 Å². The molecule has 1 aromatic heterocycles. The van der Waals surface area contributed by atoms with E-state index in [0.29, 0.717) is 0 Å². The molecule has 5 rings (SSSR count). The van der Waals surface area contributed by atoms with Crippen molar-refractivity contribution in [2.75, 3.05) is 6.54 Å². The highest BCUT2D eigenvalue weighted by Crippen LogP contribution is 2.30. The second kappa shape index (κ2) is 9.61. The monoisotopic (exact) mass is 523 g/mol. The highest BCUT2D eigenvalue weighted by atomic mass is 32.2. The lowest BCUT2D eigenvalue weighted by molar-refractivity contribution is -0.142. The molecule has 0 bridgehead atoms. The molecular weight excluding hydrogens is 498 g/mol. The van der Waals surface area contributed by atoms with Gasteiger partial charge in [0.2, 0.25) is 15.9 Å². The van der Waals surface area contributed by atoms with E-state index in [0.717, 1.165) is 31.5 Å². The molecule has 1 saturated heterocycles. The lowest BCUT2D eigenvalue weighted by atomic mass is 10.0. The first-order chi connectivity index (χ1) is 17.2. The summed E-state index contributed by atoms with van der Waals surface area (Å²) in [4.78, 5) is 28.5. The van der Waals surface area contributed by atoms with E-state index in [2.05, 4.69) is 22.9 Å². The molecule has 0 aliphatic carbocycles. The van der Waals surface area contributed by atoms with Crippen LogP contribution in [0, 0.1) is 0 Å². The van der Waals surface area contributed by atoms with Gasteiger partial charge in [0.1, 0.15) is 12.1 Å². The lowest BCUT2D eigenvalue weighted by Gasteiger charge is -2.25. The Morgan fingerprint density at radius 2 is 1.81 bits per heavy atom. The summed E-state index contributed by atoms with van der Waals surface area (Å²) in [7, 11) is -4.02. The number of rotatable bonds is 7. The number of nitrogens with zero attached hydrogens (tertiary/aromatic N) is 1. The first-order valence-electron chi connectivity index (χ1n) is 11.5. The van der Waals surface area contributed by atoms with Crippen molar-refractivity contribution in [3.8, 4) is 0 Å². The molecular formula is C26H25N3O5S2. The summed E-state index contributed by atoms with van der Waals surface area (Å²) in [5.74, 6) is -1.85. The number of benzene rings is 3. The Kier molecular flexibility index (Phi) is 6.50. The molecule has 1 aliphatic heterocycles. The van der Waals surface area contributed by atoms with Crippen LogP contribution in [0.5, 0.6) is 0 Å². The number of carbonyl (C=O) groups is 2. The summed E-state index contributed by atoms with van der Waals surface area (Å²) in [6.07, 6.45) is 1.96. The van der Waals surface area contributed by atoms with Gasteiger partial charge in [-0.25, -0.2) is 13.2 Å². The zero-order chi connectivity index (χ0) is 25.4. The zero-order valence-electron chi connectivity index (χ0n) is 19.2. The van der Waals surface area contributed by atoms with Crippen molar-refractivity contribution in [3.05, 3.63) is 78.5 Å². The quantitative estimate of drug-likeness (QED) is 0.278. The van der Waals surface area contributed by atoms with Crippen LogP contribution in [-0.2, 0) is 26.0 Å². The van der Waals surface area contributed by atoms with Gasteiger partial charge in [-0.3, -0.25) is 4.79 Å². The van der Waals surface area contributed by atoms with Crippen molar-refractivity contribution in [2.24, 2.45) is 0 Å². The van der Waals surface area contributed by atoms with Gasteiger partial charge in [-0.15, -0.1) is 0 Å². The largest absolute Gasteiger partial charge is 0.480 e. The Labute approximate surface area is 213 Å². The molecule has 1 aliphatic rings. The minimum absolute atomic E-state index is 0.0521. The van der Waals surface area contributed by atoms with Crippen LogP contribution in [0.1, 0.15) is 12.0 Å². The minimum Gasteiger partial charge on any atom is -0.480 e. The van der Waals surface area contributed by atoms with Crippen molar-refractivity contribution in [1.82, 2.24) is 14.6 Å². The molecule has 1 fully saturated rings. The second-order valence-corrected chi connectivity index (χ2v) is 11.6. The number of carboxylic acids is 1. The maximum absolute atomic E-state index is 13.6. The van der Waals surface area contributed by atoms with Gasteiger partial charge in [-0.05, 0) is 41.0 Å². The van der Waals surface area contributed by atoms with Gasteiger partial charge in [0, 0.05) is 35.3 Å². The summed E-state index contributed by atoms with van der Waals surface area (Å²) in [6, 6.07) is 17.5. The number of carboxylic acid groups (broad SMARTS) is 1. The van der Waals surface area contributed by atoms with E-state index in [1.807, 2.05) is 48.5 Å². The SMILES string of the molecule is O=C(O)[C@H](Cc1c[nH]c2ccccc12)NC(=O)[C@@H]1C[C@@H](S)CN1S(=O)(=O)c1ccc2ccccc2c1. The van der Waals surface area contributed by atoms with E-state index in [9.17, 15) is 23.1 Å². The molecule has 0 radical (unpaired) electrons. The fourth-order valence-corrected chi connectivity index (χ4v) is 6.91. The van der Waals surface area contributed by atoms with Crippen LogP contribution in [0.3, 0.4) is 0 Å². The number of aliphatic carboxylic acids is 1. The molecule has 3 N–H and O–H groups in total. The van der Waals surface area contributed by atoms with E-state index in [1.54, 1.807) is 18.3 Å². The third kappa shape index (κ3) is 4.59. The average Bonchev–Trinajstić information content (AvgIpc) is 3.47. The molecule has 36 heavy (non-hydrogen) atoms.